The topological polar surface area (TPSA) is 12.0 Å². The van der Waals surface area contributed by atoms with Crippen LogP contribution in [0.3, 0.4) is 0 Å². The molecule has 1 aromatic rings. The molecule has 1 aromatic carbocycles. The summed E-state index contributed by atoms with van der Waals surface area (Å²) in [4.78, 5) is 0. The largest absolute Gasteiger partial charge is 0.371 e. The quantitative estimate of drug-likeness (QED) is 0.748. The minimum absolute atomic E-state index is 0.0143. The first-order valence-corrected chi connectivity index (χ1v) is 4.31. The molecule has 14 heavy (non-hydrogen) atoms. The molecule has 1 rings (SSSR count). The third kappa shape index (κ3) is 2.61. The average Bonchev–Trinajstić information content (AvgIpc) is 2.09. The SMILES string of the molecule is CC#CCNc1c(F)cc(F)cc1Cl. The van der Waals surface area contributed by atoms with Gasteiger partial charge in [0.25, 0.3) is 0 Å². The van der Waals surface area contributed by atoms with Crippen molar-refractivity contribution in [2.24, 2.45) is 0 Å². The van der Waals surface area contributed by atoms with Gasteiger partial charge in [0.05, 0.1) is 17.3 Å². The molecule has 0 heterocycles. The van der Waals surface area contributed by atoms with E-state index >= 15 is 0 Å². The van der Waals surface area contributed by atoms with Crippen LogP contribution in [0.15, 0.2) is 12.1 Å². The molecule has 0 bridgehead atoms. The normalized spacial score (nSPS) is 9.14. The van der Waals surface area contributed by atoms with E-state index in [0.717, 1.165) is 12.1 Å². The second-order valence-corrected chi connectivity index (χ2v) is 2.93. The maximum Gasteiger partial charge on any atom is 0.150 e. The summed E-state index contributed by atoms with van der Waals surface area (Å²) in [5.41, 5.74) is 0.0795. The van der Waals surface area contributed by atoms with E-state index in [1.54, 1.807) is 6.92 Å². The molecule has 0 aliphatic rings. The van der Waals surface area contributed by atoms with E-state index in [1.165, 1.54) is 0 Å². The summed E-state index contributed by atoms with van der Waals surface area (Å²) in [5.74, 6) is 3.91. The van der Waals surface area contributed by atoms with Crippen LogP contribution >= 0.6 is 11.6 Å². The highest BCUT2D eigenvalue weighted by molar-refractivity contribution is 6.33. The highest BCUT2D eigenvalue weighted by Crippen LogP contribution is 2.25. The van der Waals surface area contributed by atoms with Gasteiger partial charge in [0.1, 0.15) is 5.82 Å². The van der Waals surface area contributed by atoms with Crippen LogP contribution in [-0.2, 0) is 0 Å². The first-order chi connectivity index (χ1) is 6.65. The van der Waals surface area contributed by atoms with Crippen LogP contribution < -0.4 is 5.32 Å². The van der Waals surface area contributed by atoms with Gasteiger partial charge in [0, 0.05) is 6.07 Å². The number of rotatable bonds is 2. The van der Waals surface area contributed by atoms with Crippen molar-refractivity contribution < 1.29 is 8.78 Å². The molecule has 1 N–H and O–H groups in total. The van der Waals surface area contributed by atoms with Gasteiger partial charge in [0.2, 0.25) is 0 Å². The summed E-state index contributed by atoms with van der Waals surface area (Å²) in [5, 5.41) is 2.68. The van der Waals surface area contributed by atoms with Crippen molar-refractivity contribution in [3.63, 3.8) is 0 Å². The molecule has 0 aliphatic carbocycles. The highest BCUT2D eigenvalue weighted by Gasteiger charge is 2.08. The maximum atomic E-state index is 13.1. The van der Waals surface area contributed by atoms with E-state index in [-0.39, 0.29) is 17.3 Å². The Morgan fingerprint density at radius 3 is 2.71 bits per heavy atom. The van der Waals surface area contributed by atoms with Crippen LogP contribution in [0.4, 0.5) is 14.5 Å². The van der Waals surface area contributed by atoms with Crippen LogP contribution in [0.5, 0.6) is 0 Å². The summed E-state index contributed by atoms with van der Waals surface area (Å²) in [6.07, 6.45) is 0. The van der Waals surface area contributed by atoms with Crippen LogP contribution in [0.1, 0.15) is 6.92 Å². The number of anilines is 1. The Balaban J connectivity index is 2.89. The first-order valence-electron chi connectivity index (χ1n) is 3.93. The predicted octanol–water partition coefficient (Wildman–Crippen LogP) is 3.05. The Morgan fingerprint density at radius 2 is 2.14 bits per heavy atom. The van der Waals surface area contributed by atoms with Crippen molar-refractivity contribution in [2.75, 3.05) is 11.9 Å². The number of benzene rings is 1. The molecule has 0 spiro atoms. The molecule has 4 heteroatoms. The molecule has 0 unspecified atom stereocenters. The Morgan fingerprint density at radius 1 is 1.43 bits per heavy atom. The van der Waals surface area contributed by atoms with Gasteiger partial charge >= 0.3 is 0 Å². The summed E-state index contributed by atoms with van der Waals surface area (Å²) in [6, 6.07) is 1.82. The van der Waals surface area contributed by atoms with Crippen molar-refractivity contribution >= 4 is 17.3 Å². The molecule has 0 fully saturated rings. The lowest BCUT2D eigenvalue weighted by Crippen LogP contribution is -2.02. The van der Waals surface area contributed by atoms with Gasteiger partial charge in [-0.05, 0) is 13.0 Å². The smallest absolute Gasteiger partial charge is 0.150 e. The molecule has 0 amide bonds. The van der Waals surface area contributed by atoms with Crippen molar-refractivity contribution in [3.05, 3.63) is 28.8 Å². The summed E-state index contributed by atoms with van der Waals surface area (Å²) in [6.45, 7) is 1.95. The molecule has 74 valence electrons. The molecule has 0 radical (unpaired) electrons. The van der Waals surface area contributed by atoms with Crippen molar-refractivity contribution in [1.29, 1.82) is 0 Å². The number of hydrogen-bond acceptors (Lipinski definition) is 1. The highest BCUT2D eigenvalue weighted by atomic mass is 35.5. The Hall–Kier alpha value is -1.27. The minimum Gasteiger partial charge on any atom is -0.371 e. The Kier molecular flexibility index (Phi) is 3.73. The molecule has 0 atom stereocenters. The van der Waals surface area contributed by atoms with E-state index in [2.05, 4.69) is 17.2 Å². The monoisotopic (exact) mass is 215 g/mol. The van der Waals surface area contributed by atoms with E-state index < -0.39 is 11.6 Å². The van der Waals surface area contributed by atoms with Gasteiger partial charge in [0.15, 0.2) is 5.82 Å². The lowest BCUT2D eigenvalue weighted by molar-refractivity contribution is 0.585. The molecule has 0 saturated carbocycles. The van der Waals surface area contributed by atoms with Crippen molar-refractivity contribution in [3.8, 4) is 11.8 Å². The van der Waals surface area contributed by atoms with Crippen molar-refractivity contribution in [2.45, 2.75) is 6.92 Å². The van der Waals surface area contributed by atoms with Gasteiger partial charge in [-0.25, -0.2) is 8.78 Å². The van der Waals surface area contributed by atoms with Crippen LogP contribution in [0.2, 0.25) is 5.02 Å². The minimum atomic E-state index is -0.715. The molecule has 0 aliphatic heterocycles. The number of nitrogens with one attached hydrogen (secondary N) is 1. The second-order valence-electron chi connectivity index (χ2n) is 2.52. The van der Waals surface area contributed by atoms with E-state index in [0.29, 0.717) is 0 Å². The second kappa shape index (κ2) is 4.83. The molecule has 0 aromatic heterocycles. The zero-order chi connectivity index (χ0) is 10.6. The van der Waals surface area contributed by atoms with Gasteiger partial charge < -0.3 is 5.32 Å². The van der Waals surface area contributed by atoms with Crippen LogP contribution in [0, 0.1) is 23.5 Å². The Labute approximate surface area is 86.1 Å². The van der Waals surface area contributed by atoms with Crippen molar-refractivity contribution in [1.82, 2.24) is 0 Å². The predicted molar refractivity (Wildman–Crippen MR) is 53.3 cm³/mol. The zero-order valence-electron chi connectivity index (χ0n) is 7.50. The lowest BCUT2D eigenvalue weighted by atomic mass is 10.3. The average molecular weight is 216 g/mol. The van der Waals surface area contributed by atoms with Gasteiger partial charge in [-0.2, -0.15) is 0 Å². The Bertz CT molecular complexity index is 370. The third-order valence-electron chi connectivity index (χ3n) is 1.54. The fourth-order valence-corrected chi connectivity index (χ4v) is 1.19. The fourth-order valence-electron chi connectivity index (χ4n) is 0.932. The molecule has 0 saturated heterocycles. The van der Waals surface area contributed by atoms with Crippen LogP contribution in [0.25, 0.3) is 0 Å². The summed E-state index contributed by atoms with van der Waals surface area (Å²) in [7, 11) is 0. The third-order valence-corrected chi connectivity index (χ3v) is 1.84. The number of halogens is 3. The summed E-state index contributed by atoms with van der Waals surface area (Å²) < 4.78 is 25.7. The standard InChI is InChI=1S/C10H8ClF2N/c1-2-3-4-14-10-8(11)5-7(12)6-9(10)13/h5-6,14H,4H2,1H3. The maximum absolute atomic E-state index is 13.1. The van der Waals surface area contributed by atoms with E-state index in [9.17, 15) is 8.78 Å². The summed E-state index contributed by atoms with van der Waals surface area (Å²) >= 11 is 5.62. The fraction of sp³-hybridized carbons (Fsp3) is 0.200. The molecular formula is C10H8ClF2N. The van der Waals surface area contributed by atoms with E-state index in [4.69, 9.17) is 11.6 Å². The molecule has 1 nitrogen and oxygen atoms in total. The van der Waals surface area contributed by atoms with Gasteiger partial charge in [-0.15, -0.1) is 5.92 Å². The van der Waals surface area contributed by atoms with E-state index in [1.807, 2.05) is 0 Å². The first kappa shape index (κ1) is 10.8. The number of hydrogen-bond donors (Lipinski definition) is 1. The van der Waals surface area contributed by atoms with Gasteiger partial charge in [-0.1, -0.05) is 17.5 Å². The van der Waals surface area contributed by atoms with Crippen LogP contribution in [-0.4, -0.2) is 6.54 Å². The van der Waals surface area contributed by atoms with Gasteiger partial charge in [-0.3, -0.25) is 0 Å². The molecular weight excluding hydrogens is 208 g/mol. The zero-order valence-corrected chi connectivity index (χ0v) is 8.25. The lowest BCUT2D eigenvalue weighted by Gasteiger charge is -2.06.